The molecule has 0 amide bonds. The van der Waals surface area contributed by atoms with Crippen molar-refractivity contribution < 1.29 is 9.90 Å². The fraction of sp³-hybridized carbons (Fsp3) is 0.353. The van der Waals surface area contributed by atoms with E-state index in [0.29, 0.717) is 17.8 Å². The molecule has 1 aromatic heterocycles. The summed E-state index contributed by atoms with van der Waals surface area (Å²) in [4.78, 5) is 22.9. The maximum Gasteiger partial charge on any atom is 0.303 e. The number of hydrogen-bond donors (Lipinski definition) is 1. The molecule has 22 heavy (non-hydrogen) atoms. The number of carboxylic acid groups (broad SMARTS) is 1. The second-order valence-electron chi connectivity index (χ2n) is 5.12. The van der Waals surface area contributed by atoms with Gasteiger partial charge in [-0.2, -0.15) is 5.10 Å². The molecule has 0 bridgehead atoms. The molecule has 0 saturated carbocycles. The Balaban J connectivity index is 2.43. The first-order valence-corrected chi connectivity index (χ1v) is 7.47. The van der Waals surface area contributed by atoms with Crippen molar-refractivity contribution in [2.75, 3.05) is 0 Å². The standard InChI is InChI=1S/C17H20N2O3/c1-3-12-5-7-13(8-6-12)15-11-14(9-10-16(20)21)17(22)19(4-2)18-15/h5-8,11H,3-4,9-10H2,1-2H3,(H,20,21). The number of carbonyl (C=O) groups is 1. The topological polar surface area (TPSA) is 72.2 Å². The SMILES string of the molecule is CCc1ccc(-c2cc(CCC(=O)O)c(=O)n(CC)n2)cc1. The smallest absolute Gasteiger partial charge is 0.303 e. The molecule has 0 spiro atoms. The quantitative estimate of drug-likeness (QED) is 0.889. The van der Waals surface area contributed by atoms with Crippen molar-refractivity contribution >= 4 is 5.97 Å². The van der Waals surface area contributed by atoms with Crippen LogP contribution in [0.1, 0.15) is 31.4 Å². The molecule has 1 heterocycles. The highest BCUT2D eigenvalue weighted by atomic mass is 16.4. The van der Waals surface area contributed by atoms with E-state index in [-0.39, 0.29) is 18.4 Å². The fourth-order valence-corrected chi connectivity index (χ4v) is 2.28. The third-order valence-electron chi connectivity index (χ3n) is 3.61. The molecule has 0 aliphatic heterocycles. The van der Waals surface area contributed by atoms with Gasteiger partial charge in [0.15, 0.2) is 0 Å². The first-order valence-electron chi connectivity index (χ1n) is 7.47. The molecule has 1 aromatic carbocycles. The molecule has 0 aliphatic carbocycles. The van der Waals surface area contributed by atoms with E-state index in [0.717, 1.165) is 12.0 Å². The third kappa shape index (κ3) is 3.61. The zero-order chi connectivity index (χ0) is 16.1. The molecule has 5 heteroatoms. The van der Waals surface area contributed by atoms with Crippen LogP contribution in [-0.4, -0.2) is 20.9 Å². The molecule has 0 atom stereocenters. The van der Waals surface area contributed by atoms with Crippen molar-refractivity contribution in [1.82, 2.24) is 9.78 Å². The van der Waals surface area contributed by atoms with Gasteiger partial charge in [0.2, 0.25) is 0 Å². The Morgan fingerprint density at radius 2 is 1.91 bits per heavy atom. The van der Waals surface area contributed by atoms with Crippen molar-refractivity contribution in [3.63, 3.8) is 0 Å². The number of hydrogen-bond acceptors (Lipinski definition) is 3. The average Bonchev–Trinajstić information content (AvgIpc) is 2.54. The number of benzene rings is 1. The lowest BCUT2D eigenvalue weighted by Gasteiger charge is -2.09. The van der Waals surface area contributed by atoms with Crippen LogP contribution >= 0.6 is 0 Å². The van der Waals surface area contributed by atoms with Crippen molar-refractivity contribution in [3.8, 4) is 11.3 Å². The summed E-state index contributed by atoms with van der Waals surface area (Å²) in [6.45, 7) is 4.40. The average molecular weight is 300 g/mol. The van der Waals surface area contributed by atoms with Crippen LogP contribution in [0.5, 0.6) is 0 Å². The second-order valence-corrected chi connectivity index (χ2v) is 5.12. The normalized spacial score (nSPS) is 10.6. The highest BCUT2D eigenvalue weighted by Crippen LogP contribution is 2.18. The summed E-state index contributed by atoms with van der Waals surface area (Å²) >= 11 is 0. The Kier molecular flexibility index (Phi) is 5.09. The van der Waals surface area contributed by atoms with Crippen molar-refractivity contribution in [1.29, 1.82) is 0 Å². The molecule has 5 nitrogen and oxygen atoms in total. The number of aliphatic carboxylic acids is 1. The lowest BCUT2D eigenvalue weighted by molar-refractivity contribution is -0.136. The highest BCUT2D eigenvalue weighted by molar-refractivity contribution is 5.67. The minimum atomic E-state index is -0.909. The van der Waals surface area contributed by atoms with Crippen molar-refractivity contribution in [3.05, 3.63) is 51.8 Å². The molecule has 2 rings (SSSR count). The third-order valence-corrected chi connectivity index (χ3v) is 3.61. The first kappa shape index (κ1) is 15.9. The van der Waals surface area contributed by atoms with E-state index in [1.807, 2.05) is 31.2 Å². The predicted molar refractivity (Wildman–Crippen MR) is 84.9 cm³/mol. The van der Waals surface area contributed by atoms with E-state index in [1.54, 1.807) is 6.07 Å². The Morgan fingerprint density at radius 1 is 1.23 bits per heavy atom. The molecule has 0 aliphatic rings. The van der Waals surface area contributed by atoms with Gasteiger partial charge in [-0.15, -0.1) is 0 Å². The molecule has 0 fully saturated rings. The number of nitrogens with zero attached hydrogens (tertiary/aromatic N) is 2. The molecule has 2 aromatic rings. The lowest BCUT2D eigenvalue weighted by Crippen LogP contribution is -2.26. The van der Waals surface area contributed by atoms with Crippen LogP contribution < -0.4 is 5.56 Å². The molecule has 0 saturated heterocycles. The van der Waals surface area contributed by atoms with Crippen LogP contribution in [0.25, 0.3) is 11.3 Å². The van der Waals surface area contributed by atoms with Crippen LogP contribution in [0.15, 0.2) is 35.1 Å². The molecule has 0 unspecified atom stereocenters. The van der Waals surface area contributed by atoms with Gasteiger partial charge in [0.25, 0.3) is 5.56 Å². The van der Waals surface area contributed by atoms with Gasteiger partial charge in [-0.1, -0.05) is 31.2 Å². The van der Waals surface area contributed by atoms with Gasteiger partial charge in [-0.05, 0) is 31.4 Å². The summed E-state index contributed by atoms with van der Waals surface area (Å²) in [5, 5.41) is 13.2. The minimum absolute atomic E-state index is 0.0584. The van der Waals surface area contributed by atoms with E-state index in [2.05, 4.69) is 12.0 Å². The highest BCUT2D eigenvalue weighted by Gasteiger charge is 2.10. The summed E-state index contributed by atoms with van der Waals surface area (Å²) in [5.41, 5.74) is 3.14. The Labute approximate surface area is 129 Å². The van der Waals surface area contributed by atoms with Crippen LogP contribution in [0.2, 0.25) is 0 Å². The van der Waals surface area contributed by atoms with E-state index in [9.17, 15) is 9.59 Å². The Bertz CT molecular complexity index is 718. The van der Waals surface area contributed by atoms with Gasteiger partial charge >= 0.3 is 5.97 Å². The van der Waals surface area contributed by atoms with Gasteiger partial charge in [-0.3, -0.25) is 9.59 Å². The van der Waals surface area contributed by atoms with E-state index < -0.39 is 5.97 Å². The molecule has 116 valence electrons. The summed E-state index contributed by atoms with van der Waals surface area (Å²) < 4.78 is 1.39. The summed E-state index contributed by atoms with van der Waals surface area (Å²) in [6.07, 6.45) is 1.12. The predicted octanol–water partition coefficient (Wildman–Crippen LogP) is 2.51. The number of rotatable bonds is 6. The molecular weight excluding hydrogens is 280 g/mol. The zero-order valence-corrected chi connectivity index (χ0v) is 12.9. The van der Waals surface area contributed by atoms with Gasteiger partial charge in [0.1, 0.15) is 0 Å². The zero-order valence-electron chi connectivity index (χ0n) is 12.9. The maximum atomic E-state index is 12.2. The van der Waals surface area contributed by atoms with Gasteiger partial charge in [0.05, 0.1) is 5.69 Å². The summed E-state index contributed by atoms with van der Waals surface area (Å²) in [6, 6.07) is 9.74. The summed E-state index contributed by atoms with van der Waals surface area (Å²) in [7, 11) is 0. The molecular formula is C17H20N2O3. The second kappa shape index (κ2) is 7.02. The Morgan fingerprint density at radius 3 is 2.45 bits per heavy atom. The largest absolute Gasteiger partial charge is 0.481 e. The fourth-order valence-electron chi connectivity index (χ4n) is 2.28. The van der Waals surface area contributed by atoms with Crippen LogP contribution in [-0.2, 0) is 24.2 Å². The van der Waals surface area contributed by atoms with Crippen LogP contribution in [0.3, 0.4) is 0 Å². The van der Waals surface area contributed by atoms with Gasteiger partial charge in [-0.25, -0.2) is 4.68 Å². The Hall–Kier alpha value is -2.43. The van der Waals surface area contributed by atoms with E-state index in [4.69, 9.17) is 5.11 Å². The van der Waals surface area contributed by atoms with Gasteiger partial charge in [0, 0.05) is 24.1 Å². The molecule has 1 N–H and O–H groups in total. The van der Waals surface area contributed by atoms with E-state index >= 15 is 0 Å². The van der Waals surface area contributed by atoms with Crippen LogP contribution in [0, 0.1) is 0 Å². The van der Waals surface area contributed by atoms with Crippen LogP contribution in [0.4, 0.5) is 0 Å². The summed E-state index contributed by atoms with van der Waals surface area (Å²) in [5.74, 6) is -0.909. The van der Waals surface area contributed by atoms with Crippen molar-refractivity contribution in [2.24, 2.45) is 0 Å². The maximum absolute atomic E-state index is 12.2. The van der Waals surface area contributed by atoms with Crippen molar-refractivity contribution in [2.45, 2.75) is 39.7 Å². The minimum Gasteiger partial charge on any atom is -0.481 e. The van der Waals surface area contributed by atoms with Gasteiger partial charge < -0.3 is 5.11 Å². The monoisotopic (exact) mass is 300 g/mol. The first-order chi connectivity index (χ1) is 10.5. The lowest BCUT2D eigenvalue weighted by atomic mass is 10.0. The number of carboxylic acids is 1. The van der Waals surface area contributed by atoms with E-state index in [1.165, 1.54) is 10.2 Å². The number of aryl methyl sites for hydroxylation is 3. The number of aromatic nitrogens is 2. The molecule has 0 radical (unpaired) electrons.